The van der Waals surface area contributed by atoms with Crippen molar-refractivity contribution in [3.63, 3.8) is 0 Å². The van der Waals surface area contributed by atoms with Crippen molar-refractivity contribution in [2.75, 3.05) is 19.0 Å². The van der Waals surface area contributed by atoms with E-state index in [9.17, 15) is 4.79 Å². The number of rotatable bonds is 9. The smallest absolute Gasteiger partial charge is 0.241 e. The highest BCUT2D eigenvalue weighted by molar-refractivity contribution is 5.92. The third-order valence-corrected chi connectivity index (χ3v) is 7.57. The van der Waals surface area contributed by atoms with Crippen LogP contribution >= 0.6 is 0 Å². The summed E-state index contributed by atoms with van der Waals surface area (Å²) in [5.41, 5.74) is 3.00. The van der Waals surface area contributed by atoms with E-state index in [1.54, 1.807) is 7.11 Å². The molecule has 5 rings (SSSR count). The monoisotopic (exact) mass is 472 g/mol. The Labute approximate surface area is 208 Å². The van der Waals surface area contributed by atoms with E-state index in [1.165, 1.54) is 18.4 Å². The highest BCUT2D eigenvalue weighted by Crippen LogP contribution is 2.38. The molecule has 1 aliphatic heterocycles. The Balaban J connectivity index is 1.22. The van der Waals surface area contributed by atoms with Gasteiger partial charge < -0.3 is 15.0 Å². The molecule has 2 N–H and O–H groups in total. The fraction of sp³-hybridized carbons (Fsp3) is 0.448. The lowest BCUT2D eigenvalue weighted by molar-refractivity contribution is -0.132. The van der Waals surface area contributed by atoms with Crippen LogP contribution < -0.4 is 15.4 Å². The van der Waals surface area contributed by atoms with Crippen molar-refractivity contribution in [3.8, 4) is 5.75 Å². The summed E-state index contributed by atoms with van der Waals surface area (Å²) in [6.45, 7) is 2.99. The van der Waals surface area contributed by atoms with Gasteiger partial charge in [0, 0.05) is 30.2 Å². The van der Waals surface area contributed by atoms with Gasteiger partial charge in [0.2, 0.25) is 5.91 Å². The molecule has 2 aromatic carbocycles. The summed E-state index contributed by atoms with van der Waals surface area (Å²) in [5.74, 6) is 1.08. The maximum atomic E-state index is 13.5. The zero-order chi connectivity index (χ0) is 24.3. The number of fused-ring (bicyclic) bond motifs is 1. The fourth-order valence-electron chi connectivity index (χ4n) is 5.84. The van der Waals surface area contributed by atoms with Gasteiger partial charge in [-0.15, -0.1) is 0 Å². The van der Waals surface area contributed by atoms with Crippen LogP contribution in [0, 0.1) is 0 Å². The summed E-state index contributed by atoms with van der Waals surface area (Å²) < 4.78 is 5.49. The Hall–Kier alpha value is -3.12. The van der Waals surface area contributed by atoms with Crippen LogP contribution in [0.25, 0.3) is 10.9 Å². The van der Waals surface area contributed by atoms with Gasteiger partial charge in [-0.05, 0) is 69.6 Å². The molecule has 35 heavy (non-hydrogen) atoms. The highest BCUT2D eigenvalue weighted by atomic mass is 16.5. The Morgan fingerprint density at radius 1 is 1.17 bits per heavy atom. The standard InChI is InChI=1S/C29H36N4O2/c1-21(31-25-20-24(35-2)19-23-13-8-16-30-27(23)25)10-9-17-33-28(34)26(18-22-11-4-3-5-12-22)32-29(33)14-6-7-15-29/h3-5,8,11-13,16,19-21,26,31-32H,6-7,9-10,14-15,17-18H2,1-2H3/t21?,26-/m0/s1. The van der Waals surface area contributed by atoms with E-state index in [1.807, 2.05) is 42.6 Å². The van der Waals surface area contributed by atoms with Crippen molar-refractivity contribution < 1.29 is 9.53 Å². The molecule has 2 aliphatic rings. The van der Waals surface area contributed by atoms with Gasteiger partial charge in [-0.3, -0.25) is 15.1 Å². The lowest BCUT2D eigenvalue weighted by Crippen LogP contribution is -2.50. The molecule has 6 nitrogen and oxygen atoms in total. The second-order valence-corrected chi connectivity index (χ2v) is 10.1. The molecule has 2 atom stereocenters. The van der Waals surface area contributed by atoms with Gasteiger partial charge in [0.05, 0.1) is 30.0 Å². The van der Waals surface area contributed by atoms with Crippen LogP contribution in [0.15, 0.2) is 60.8 Å². The molecule has 1 saturated carbocycles. The second-order valence-electron chi connectivity index (χ2n) is 10.1. The molecule has 1 aliphatic carbocycles. The summed E-state index contributed by atoms with van der Waals surface area (Å²) in [5, 5.41) is 8.46. The summed E-state index contributed by atoms with van der Waals surface area (Å²) in [6, 6.07) is 18.5. The molecule has 3 aromatic rings. The molecular weight excluding hydrogens is 436 g/mol. The predicted octanol–water partition coefficient (Wildman–Crippen LogP) is 5.14. The van der Waals surface area contributed by atoms with Crippen LogP contribution in [0.3, 0.4) is 0 Å². The number of hydrogen-bond acceptors (Lipinski definition) is 5. The van der Waals surface area contributed by atoms with E-state index < -0.39 is 0 Å². The molecule has 1 spiro atoms. The third-order valence-electron chi connectivity index (χ3n) is 7.57. The van der Waals surface area contributed by atoms with Crippen LogP contribution in [0.5, 0.6) is 5.75 Å². The van der Waals surface area contributed by atoms with Gasteiger partial charge in [0.1, 0.15) is 5.75 Å². The average molecular weight is 473 g/mol. The molecular formula is C29H36N4O2. The maximum Gasteiger partial charge on any atom is 0.241 e. The summed E-state index contributed by atoms with van der Waals surface area (Å²) in [4.78, 5) is 20.2. The molecule has 1 aromatic heterocycles. The quantitative estimate of drug-likeness (QED) is 0.452. The van der Waals surface area contributed by atoms with Crippen molar-refractivity contribution in [1.82, 2.24) is 15.2 Å². The maximum absolute atomic E-state index is 13.5. The molecule has 2 fully saturated rings. The highest BCUT2D eigenvalue weighted by Gasteiger charge is 2.50. The lowest BCUT2D eigenvalue weighted by Gasteiger charge is -2.35. The van der Waals surface area contributed by atoms with Crippen LogP contribution in [-0.4, -0.2) is 47.2 Å². The van der Waals surface area contributed by atoms with Crippen LogP contribution in [-0.2, 0) is 11.2 Å². The molecule has 1 unspecified atom stereocenters. The topological polar surface area (TPSA) is 66.5 Å². The fourth-order valence-corrected chi connectivity index (χ4v) is 5.84. The van der Waals surface area contributed by atoms with Gasteiger partial charge in [0.25, 0.3) is 0 Å². The van der Waals surface area contributed by atoms with Crippen molar-refractivity contribution in [2.45, 2.75) is 69.6 Å². The molecule has 6 heteroatoms. The number of carbonyl (C=O) groups excluding carboxylic acids is 1. The predicted molar refractivity (Wildman–Crippen MR) is 141 cm³/mol. The first kappa shape index (κ1) is 23.6. The Morgan fingerprint density at radius 3 is 2.74 bits per heavy atom. The van der Waals surface area contributed by atoms with Crippen LogP contribution in [0.1, 0.15) is 51.0 Å². The zero-order valence-electron chi connectivity index (χ0n) is 20.8. The zero-order valence-corrected chi connectivity index (χ0v) is 20.8. The first-order valence-corrected chi connectivity index (χ1v) is 12.9. The van der Waals surface area contributed by atoms with E-state index in [0.717, 1.165) is 61.0 Å². The summed E-state index contributed by atoms with van der Waals surface area (Å²) in [6.07, 6.45) is 8.98. The van der Waals surface area contributed by atoms with Gasteiger partial charge in [-0.1, -0.05) is 36.4 Å². The third kappa shape index (κ3) is 4.98. The number of aromatic nitrogens is 1. The van der Waals surface area contributed by atoms with Gasteiger partial charge in [-0.25, -0.2) is 0 Å². The van der Waals surface area contributed by atoms with Crippen LogP contribution in [0.2, 0.25) is 0 Å². The Bertz CT molecular complexity index is 1160. The van der Waals surface area contributed by atoms with Gasteiger partial charge in [0.15, 0.2) is 0 Å². The minimum Gasteiger partial charge on any atom is -0.497 e. The van der Waals surface area contributed by atoms with Gasteiger partial charge >= 0.3 is 0 Å². The Kier molecular flexibility index (Phi) is 6.91. The molecule has 1 amide bonds. The molecule has 0 bridgehead atoms. The van der Waals surface area contributed by atoms with E-state index in [4.69, 9.17) is 4.74 Å². The largest absolute Gasteiger partial charge is 0.497 e. The van der Waals surface area contributed by atoms with E-state index in [-0.39, 0.29) is 23.7 Å². The van der Waals surface area contributed by atoms with E-state index in [0.29, 0.717) is 0 Å². The number of carbonyl (C=O) groups is 1. The summed E-state index contributed by atoms with van der Waals surface area (Å²) in [7, 11) is 1.69. The molecule has 0 radical (unpaired) electrons. The first-order chi connectivity index (χ1) is 17.1. The van der Waals surface area contributed by atoms with E-state index in [2.05, 4.69) is 45.6 Å². The Morgan fingerprint density at radius 2 is 1.97 bits per heavy atom. The van der Waals surface area contributed by atoms with Crippen LogP contribution in [0.4, 0.5) is 5.69 Å². The second kappa shape index (κ2) is 10.2. The lowest BCUT2D eigenvalue weighted by atomic mass is 10.1. The minimum atomic E-state index is -0.153. The number of nitrogens with zero attached hydrogens (tertiary/aromatic N) is 2. The number of ether oxygens (including phenoxy) is 1. The number of pyridine rings is 1. The average Bonchev–Trinajstić information content (AvgIpc) is 3.44. The van der Waals surface area contributed by atoms with Crippen molar-refractivity contribution in [3.05, 3.63) is 66.4 Å². The molecule has 184 valence electrons. The number of hydrogen-bond donors (Lipinski definition) is 2. The number of benzene rings is 2. The normalized spacial score (nSPS) is 20.0. The van der Waals surface area contributed by atoms with Crippen molar-refractivity contribution in [1.29, 1.82) is 0 Å². The molecule has 1 saturated heterocycles. The van der Waals surface area contributed by atoms with Crippen molar-refractivity contribution in [2.24, 2.45) is 0 Å². The number of amides is 1. The number of methoxy groups -OCH3 is 1. The van der Waals surface area contributed by atoms with E-state index >= 15 is 0 Å². The number of anilines is 1. The van der Waals surface area contributed by atoms with Crippen molar-refractivity contribution >= 4 is 22.5 Å². The summed E-state index contributed by atoms with van der Waals surface area (Å²) >= 11 is 0. The number of nitrogens with one attached hydrogen (secondary N) is 2. The minimum absolute atomic E-state index is 0.125. The van der Waals surface area contributed by atoms with Gasteiger partial charge in [-0.2, -0.15) is 0 Å². The molecule has 2 heterocycles. The first-order valence-electron chi connectivity index (χ1n) is 12.9. The SMILES string of the molecule is COc1cc(NC(C)CCCN2C(=O)[C@H](Cc3ccccc3)NC23CCCC3)c2ncccc2c1.